The van der Waals surface area contributed by atoms with E-state index in [4.69, 9.17) is 9.47 Å². The van der Waals surface area contributed by atoms with Crippen LogP contribution in [0.15, 0.2) is 24.3 Å². The first-order valence-electron chi connectivity index (χ1n) is 10.2. The van der Waals surface area contributed by atoms with Gasteiger partial charge in [0.15, 0.2) is 0 Å². The van der Waals surface area contributed by atoms with Crippen molar-refractivity contribution in [3.05, 3.63) is 24.3 Å². The number of likely N-dealkylation sites (tertiary alicyclic amines) is 1. The molecule has 0 radical (unpaired) electrons. The fraction of sp³-hybridized carbons (Fsp3) is 0.682. The normalized spacial score (nSPS) is 19.4. The quantitative estimate of drug-likeness (QED) is 0.749. The average Bonchev–Trinajstić information content (AvgIpc) is 3.05. The molecule has 2 aliphatic rings. The lowest BCUT2D eigenvalue weighted by Gasteiger charge is -2.40. The minimum absolute atomic E-state index is 0.147. The van der Waals surface area contributed by atoms with Gasteiger partial charge in [-0.1, -0.05) is 19.4 Å². The van der Waals surface area contributed by atoms with Gasteiger partial charge in [0, 0.05) is 37.9 Å². The molecule has 0 bridgehead atoms. The molecule has 0 unspecified atom stereocenters. The van der Waals surface area contributed by atoms with Crippen LogP contribution in [0.3, 0.4) is 0 Å². The number of carbonyl (C=O) groups excluding carboxylic acids is 1. The van der Waals surface area contributed by atoms with Crippen molar-refractivity contribution < 1.29 is 14.3 Å². The molecule has 2 fully saturated rings. The maximum Gasteiger partial charge on any atom is 0.410 e. The number of nitrogens with zero attached hydrogens (tertiary/aromatic N) is 2. The van der Waals surface area contributed by atoms with Gasteiger partial charge in [-0.3, -0.25) is 0 Å². The lowest BCUT2D eigenvalue weighted by atomic mass is 9.78. The molecule has 0 aliphatic carbocycles. The standard InChI is InChI=1S/C22H34N2O3/c1-5-9-21(2,3)27-20(25)23-13-10-22(11-14-23)12-15-24(17-22)18-7-6-8-19(16-18)26-4/h6-8,16H,5,9-15,17H2,1-4H3. The fourth-order valence-corrected chi connectivity index (χ4v) is 4.49. The summed E-state index contributed by atoms with van der Waals surface area (Å²) >= 11 is 0. The first kappa shape index (κ1) is 19.8. The van der Waals surface area contributed by atoms with Gasteiger partial charge in [0.1, 0.15) is 11.4 Å². The summed E-state index contributed by atoms with van der Waals surface area (Å²) in [5.74, 6) is 0.903. The molecule has 0 atom stereocenters. The number of hydrogen-bond donors (Lipinski definition) is 0. The zero-order chi connectivity index (χ0) is 19.5. The van der Waals surface area contributed by atoms with Crippen LogP contribution in [0.5, 0.6) is 5.75 Å². The van der Waals surface area contributed by atoms with Gasteiger partial charge in [-0.2, -0.15) is 0 Å². The van der Waals surface area contributed by atoms with Crippen LogP contribution in [0.1, 0.15) is 52.9 Å². The molecule has 5 nitrogen and oxygen atoms in total. The predicted molar refractivity (Wildman–Crippen MR) is 109 cm³/mol. The van der Waals surface area contributed by atoms with Gasteiger partial charge >= 0.3 is 6.09 Å². The van der Waals surface area contributed by atoms with Crippen molar-refractivity contribution in [1.29, 1.82) is 0 Å². The third-order valence-electron chi connectivity index (χ3n) is 6.15. The fourth-order valence-electron chi connectivity index (χ4n) is 4.49. The zero-order valence-corrected chi connectivity index (χ0v) is 17.3. The van der Waals surface area contributed by atoms with Crippen LogP contribution in [0.25, 0.3) is 0 Å². The van der Waals surface area contributed by atoms with Crippen LogP contribution >= 0.6 is 0 Å². The number of rotatable bonds is 5. The van der Waals surface area contributed by atoms with Crippen LogP contribution in [-0.2, 0) is 4.74 Å². The van der Waals surface area contributed by atoms with Crippen molar-refractivity contribution in [1.82, 2.24) is 4.90 Å². The third kappa shape index (κ3) is 4.69. The van der Waals surface area contributed by atoms with Crippen molar-refractivity contribution in [2.45, 2.75) is 58.5 Å². The molecule has 2 aliphatic heterocycles. The van der Waals surface area contributed by atoms with E-state index in [0.717, 1.165) is 57.6 Å². The van der Waals surface area contributed by atoms with E-state index >= 15 is 0 Å². The molecular formula is C22H34N2O3. The monoisotopic (exact) mass is 374 g/mol. The minimum atomic E-state index is -0.377. The first-order valence-corrected chi connectivity index (χ1v) is 10.2. The lowest BCUT2D eigenvalue weighted by molar-refractivity contribution is -0.00213. The molecule has 1 aromatic rings. The van der Waals surface area contributed by atoms with Gasteiger partial charge in [0.05, 0.1) is 7.11 Å². The molecule has 2 heterocycles. The third-order valence-corrected chi connectivity index (χ3v) is 6.15. The average molecular weight is 375 g/mol. The summed E-state index contributed by atoms with van der Waals surface area (Å²) in [6, 6.07) is 8.31. The first-order chi connectivity index (χ1) is 12.9. The molecule has 1 amide bonds. The van der Waals surface area contributed by atoms with E-state index < -0.39 is 0 Å². The van der Waals surface area contributed by atoms with E-state index in [-0.39, 0.29) is 11.7 Å². The number of methoxy groups -OCH3 is 1. The molecule has 0 aromatic heterocycles. The van der Waals surface area contributed by atoms with Crippen LogP contribution < -0.4 is 9.64 Å². The van der Waals surface area contributed by atoms with E-state index in [2.05, 4.69) is 30.0 Å². The second-order valence-electron chi connectivity index (χ2n) is 8.74. The number of hydrogen-bond acceptors (Lipinski definition) is 4. The van der Waals surface area contributed by atoms with Gasteiger partial charge in [-0.05, 0) is 57.1 Å². The Kier molecular flexibility index (Phi) is 5.87. The number of ether oxygens (including phenoxy) is 2. The van der Waals surface area contributed by atoms with Gasteiger partial charge in [-0.15, -0.1) is 0 Å². The van der Waals surface area contributed by atoms with Crippen molar-refractivity contribution in [2.75, 3.05) is 38.2 Å². The van der Waals surface area contributed by atoms with Crippen LogP contribution in [0.4, 0.5) is 10.5 Å². The highest BCUT2D eigenvalue weighted by atomic mass is 16.6. The highest BCUT2D eigenvalue weighted by molar-refractivity contribution is 5.68. The Morgan fingerprint density at radius 2 is 1.89 bits per heavy atom. The second kappa shape index (κ2) is 7.99. The van der Waals surface area contributed by atoms with Crippen LogP contribution in [0, 0.1) is 5.41 Å². The molecule has 1 aromatic carbocycles. The van der Waals surface area contributed by atoms with Crippen molar-refractivity contribution in [3.63, 3.8) is 0 Å². The highest BCUT2D eigenvalue weighted by Gasteiger charge is 2.42. The maximum atomic E-state index is 12.5. The topological polar surface area (TPSA) is 42.0 Å². The molecule has 3 rings (SSSR count). The molecule has 150 valence electrons. The van der Waals surface area contributed by atoms with Crippen molar-refractivity contribution in [2.24, 2.45) is 5.41 Å². The van der Waals surface area contributed by atoms with E-state index in [1.807, 2.05) is 24.8 Å². The Bertz CT molecular complexity index is 651. The Morgan fingerprint density at radius 1 is 1.19 bits per heavy atom. The summed E-state index contributed by atoms with van der Waals surface area (Å²) in [5.41, 5.74) is 1.17. The number of piperidine rings is 1. The summed E-state index contributed by atoms with van der Waals surface area (Å²) in [4.78, 5) is 16.9. The van der Waals surface area contributed by atoms with E-state index in [1.54, 1.807) is 7.11 Å². The van der Waals surface area contributed by atoms with E-state index in [1.165, 1.54) is 12.1 Å². The number of benzene rings is 1. The summed E-state index contributed by atoms with van der Waals surface area (Å²) in [6.45, 7) is 9.85. The zero-order valence-electron chi connectivity index (χ0n) is 17.3. The number of carbonyl (C=O) groups is 1. The second-order valence-corrected chi connectivity index (χ2v) is 8.74. The van der Waals surface area contributed by atoms with Crippen LogP contribution in [-0.4, -0.2) is 49.9 Å². The molecule has 27 heavy (non-hydrogen) atoms. The van der Waals surface area contributed by atoms with Crippen molar-refractivity contribution in [3.8, 4) is 5.75 Å². The Morgan fingerprint density at radius 3 is 2.56 bits per heavy atom. The summed E-state index contributed by atoms with van der Waals surface area (Å²) in [5, 5.41) is 0. The van der Waals surface area contributed by atoms with Gasteiger partial charge < -0.3 is 19.3 Å². The minimum Gasteiger partial charge on any atom is -0.497 e. The number of anilines is 1. The molecule has 1 spiro atoms. The Balaban J connectivity index is 1.55. The van der Waals surface area contributed by atoms with Gasteiger partial charge in [0.2, 0.25) is 0 Å². The largest absolute Gasteiger partial charge is 0.497 e. The van der Waals surface area contributed by atoms with Gasteiger partial charge in [-0.25, -0.2) is 4.79 Å². The Hall–Kier alpha value is -1.91. The smallest absolute Gasteiger partial charge is 0.410 e. The molecule has 2 saturated heterocycles. The summed E-state index contributed by atoms with van der Waals surface area (Å²) in [7, 11) is 1.71. The SMILES string of the molecule is CCCC(C)(C)OC(=O)N1CCC2(CC1)CCN(c1cccc(OC)c1)C2. The molecule has 0 N–H and O–H groups in total. The summed E-state index contributed by atoms with van der Waals surface area (Å²) in [6.07, 6.45) is 5.06. The predicted octanol–water partition coefficient (Wildman–Crippen LogP) is 4.70. The lowest BCUT2D eigenvalue weighted by Crippen LogP contribution is -2.46. The molecular weight excluding hydrogens is 340 g/mol. The van der Waals surface area contributed by atoms with E-state index in [0.29, 0.717) is 5.41 Å². The molecule has 5 heteroatoms. The number of amides is 1. The van der Waals surface area contributed by atoms with E-state index in [9.17, 15) is 4.79 Å². The van der Waals surface area contributed by atoms with Crippen LogP contribution in [0.2, 0.25) is 0 Å². The molecule has 0 saturated carbocycles. The maximum absolute atomic E-state index is 12.5. The summed E-state index contributed by atoms with van der Waals surface area (Å²) < 4.78 is 11.1. The Labute approximate surface area is 163 Å². The van der Waals surface area contributed by atoms with Gasteiger partial charge in [0.25, 0.3) is 0 Å². The highest BCUT2D eigenvalue weighted by Crippen LogP contribution is 2.42. The van der Waals surface area contributed by atoms with Crippen molar-refractivity contribution >= 4 is 11.8 Å².